The van der Waals surface area contributed by atoms with Gasteiger partial charge in [0.2, 0.25) is 0 Å². The van der Waals surface area contributed by atoms with E-state index in [2.05, 4.69) is 45.0 Å². The van der Waals surface area contributed by atoms with Gasteiger partial charge in [0.05, 0.1) is 6.61 Å². The molecule has 100 valence electrons. The molecule has 1 aromatic carbocycles. The molecule has 4 heteroatoms. The van der Waals surface area contributed by atoms with Crippen LogP contribution in [0.4, 0.5) is 0 Å². The molecule has 0 unspecified atom stereocenters. The topological polar surface area (TPSA) is 21.7 Å². The fourth-order valence-electron chi connectivity index (χ4n) is 1.54. The van der Waals surface area contributed by atoms with Crippen LogP contribution in [0.25, 0.3) is 0 Å². The molecule has 0 bridgehead atoms. The van der Waals surface area contributed by atoms with Gasteiger partial charge in [0.1, 0.15) is 0 Å². The fraction of sp³-hybridized carbons (Fsp3) is 0.571. The SMILES string of the molecule is CCCO[Si]c1ccccc1CON(CC)CC. The molecule has 0 aromatic heterocycles. The molecular weight excluding hydrogens is 242 g/mol. The van der Waals surface area contributed by atoms with Crippen LogP contribution in [0.1, 0.15) is 32.8 Å². The quantitative estimate of drug-likeness (QED) is 0.388. The minimum Gasteiger partial charge on any atom is -0.411 e. The van der Waals surface area contributed by atoms with E-state index >= 15 is 0 Å². The predicted octanol–water partition coefficient (Wildman–Crippen LogP) is 2.13. The van der Waals surface area contributed by atoms with Crippen LogP contribution in [0.5, 0.6) is 0 Å². The summed E-state index contributed by atoms with van der Waals surface area (Å²) in [6, 6.07) is 8.34. The molecule has 0 atom stereocenters. The molecule has 0 amide bonds. The lowest BCUT2D eigenvalue weighted by molar-refractivity contribution is -0.163. The largest absolute Gasteiger partial charge is 0.411 e. The Morgan fingerprint density at radius 3 is 2.50 bits per heavy atom. The van der Waals surface area contributed by atoms with Crippen LogP contribution in [0.2, 0.25) is 0 Å². The molecule has 0 aliphatic carbocycles. The number of hydroxylamine groups is 2. The molecule has 0 aliphatic rings. The van der Waals surface area contributed by atoms with E-state index in [1.807, 2.05) is 5.06 Å². The lowest BCUT2D eigenvalue weighted by Gasteiger charge is -2.18. The van der Waals surface area contributed by atoms with Crippen molar-refractivity contribution in [2.75, 3.05) is 19.7 Å². The highest BCUT2D eigenvalue weighted by Gasteiger charge is 2.06. The van der Waals surface area contributed by atoms with E-state index in [0.29, 0.717) is 16.4 Å². The summed E-state index contributed by atoms with van der Waals surface area (Å²) >= 11 is 0. The van der Waals surface area contributed by atoms with Crippen molar-refractivity contribution in [2.45, 2.75) is 33.8 Å². The van der Waals surface area contributed by atoms with Crippen molar-refractivity contribution in [3.05, 3.63) is 29.8 Å². The average Bonchev–Trinajstić information content (AvgIpc) is 2.41. The molecule has 1 rings (SSSR count). The second-order valence-electron chi connectivity index (χ2n) is 4.00. The van der Waals surface area contributed by atoms with Crippen molar-refractivity contribution >= 4 is 14.9 Å². The lowest BCUT2D eigenvalue weighted by atomic mass is 10.2. The maximum atomic E-state index is 5.76. The molecule has 2 radical (unpaired) electrons. The van der Waals surface area contributed by atoms with E-state index in [0.717, 1.165) is 26.1 Å². The summed E-state index contributed by atoms with van der Waals surface area (Å²) in [5.41, 5.74) is 1.22. The molecule has 0 saturated heterocycles. The van der Waals surface area contributed by atoms with E-state index < -0.39 is 0 Å². The Balaban J connectivity index is 2.52. The molecule has 0 aliphatic heterocycles. The van der Waals surface area contributed by atoms with E-state index in [1.165, 1.54) is 10.8 Å². The molecule has 0 heterocycles. The summed E-state index contributed by atoms with van der Waals surface area (Å²) in [5.74, 6) is 0. The van der Waals surface area contributed by atoms with Crippen LogP contribution in [-0.4, -0.2) is 34.5 Å². The van der Waals surface area contributed by atoms with Crippen molar-refractivity contribution < 1.29 is 9.26 Å². The predicted molar refractivity (Wildman–Crippen MR) is 75.8 cm³/mol. The van der Waals surface area contributed by atoms with Gasteiger partial charge >= 0.3 is 0 Å². The Kier molecular flexibility index (Phi) is 7.92. The maximum Gasteiger partial charge on any atom is 0.269 e. The van der Waals surface area contributed by atoms with Gasteiger partial charge in [-0.15, -0.1) is 0 Å². The molecule has 1 aromatic rings. The maximum absolute atomic E-state index is 5.76. The second-order valence-corrected chi connectivity index (χ2v) is 5.03. The van der Waals surface area contributed by atoms with Crippen molar-refractivity contribution in [3.63, 3.8) is 0 Å². The normalized spacial score (nSPS) is 11.1. The minimum atomic E-state index is 0.416. The zero-order valence-corrected chi connectivity index (χ0v) is 12.6. The third-order valence-electron chi connectivity index (χ3n) is 2.61. The summed E-state index contributed by atoms with van der Waals surface area (Å²) in [6.45, 7) is 9.59. The van der Waals surface area contributed by atoms with E-state index in [9.17, 15) is 0 Å². The Morgan fingerprint density at radius 2 is 1.83 bits per heavy atom. The molecule has 0 saturated carbocycles. The molecule has 3 nitrogen and oxygen atoms in total. The smallest absolute Gasteiger partial charge is 0.269 e. The number of rotatable bonds is 9. The molecule has 0 fully saturated rings. The van der Waals surface area contributed by atoms with Gasteiger partial charge in [-0.2, -0.15) is 5.06 Å². The third kappa shape index (κ3) is 5.31. The summed E-state index contributed by atoms with van der Waals surface area (Å²) in [6.07, 6.45) is 1.06. The van der Waals surface area contributed by atoms with Crippen LogP contribution < -0.4 is 5.19 Å². The van der Waals surface area contributed by atoms with Gasteiger partial charge in [-0.1, -0.05) is 45.0 Å². The van der Waals surface area contributed by atoms with Crippen LogP contribution in [0.3, 0.4) is 0 Å². The van der Waals surface area contributed by atoms with Gasteiger partial charge in [0.25, 0.3) is 9.76 Å². The summed E-state index contributed by atoms with van der Waals surface area (Å²) in [5, 5.41) is 3.21. The van der Waals surface area contributed by atoms with Gasteiger partial charge in [-0.25, -0.2) is 0 Å². The average molecular weight is 265 g/mol. The van der Waals surface area contributed by atoms with Crippen LogP contribution >= 0.6 is 0 Å². The van der Waals surface area contributed by atoms with Gasteiger partial charge in [-0.3, -0.25) is 4.84 Å². The van der Waals surface area contributed by atoms with Gasteiger partial charge in [0.15, 0.2) is 0 Å². The van der Waals surface area contributed by atoms with Crippen molar-refractivity contribution in [1.29, 1.82) is 0 Å². The van der Waals surface area contributed by atoms with Crippen molar-refractivity contribution in [3.8, 4) is 0 Å². The Bertz CT molecular complexity index is 329. The van der Waals surface area contributed by atoms with E-state index in [4.69, 9.17) is 9.26 Å². The highest BCUT2D eigenvalue weighted by Crippen LogP contribution is 2.01. The van der Waals surface area contributed by atoms with Crippen molar-refractivity contribution in [1.82, 2.24) is 5.06 Å². The first-order chi connectivity index (χ1) is 8.81. The first-order valence-electron chi connectivity index (χ1n) is 6.65. The first kappa shape index (κ1) is 15.4. The zero-order valence-electron chi connectivity index (χ0n) is 11.6. The van der Waals surface area contributed by atoms with Crippen LogP contribution in [0, 0.1) is 0 Å². The Labute approximate surface area is 113 Å². The van der Waals surface area contributed by atoms with Crippen LogP contribution in [0.15, 0.2) is 24.3 Å². The monoisotopic (exact) mass is 265 g/mol. The highest BCUT2D eigenvalue weighted by molar-refractivity contribution is 6.47. The fourth-order valence-corrected chi connectivity index (χ4v) is 2.46. The molecule has 18 heavy (non-hydrogen) atoms. The number of hydrogen-bond donors (Lipinski definition) is 0. The highest BCUT2D eigenvalue weighted by atomic mass is 28.2. The molecule has 0 N–H and O–H groups in total. The van der Waals surface area contributed by atoms with E-state index in [1.54, 1.807) is 0 Å². The summed E-state index contributed by atoms with van der Waals surface area (Å²) in [7, 11) is 0.416. The van der Waals surface area contributed by atoms with Crippen molar-refractivity contribution in [2.24, 2.45) is 0 Å². The third-order valence-corrected chi connectivity index (χ3v) is 3.67. The van der Waals surface area contributed by atoms with E-state index in [-0.39, 0.29) is 0 Å². The summed E-state index contributed by atoms with van der Waals surface area (Å²) < 4.78 is 5.63. The van der Waals surface area contributed by atoms with Gasteiger partial charge in [0, 0.05) is 19.7 Å². The lowest BCUT2D eigenvalue weighted by Crippen LogP contribution is -2.27. The summed E-state index contributed by atoms with van der Waals surface area (Å²) in [4.78, 5) is 5.76. The number of nitrogens with zero attached hydrogens (tertiary/aromatic N) is 1. The minimum absolute atomic E-state index is 0.416. The number of hydrogen-bond acceptors (Lipinski definition) is 3. The first-order valence-corrected chi connectivity index (χ1v) is 7.56. The standard InChI is InChI=1S/C14H23NO2Si/c1-4-11-17-18-14-10-8-7-9-13(14)12-16-15(5-2)6-3/h7-10H,4-6,11-12H2,1-3H3. The van der Waals surface area contributed by atoms with Gasteiger partial charge < -0.3 is 4.43 Å². The number of benzene rings is 1. The van der Waals surface area contributed by atoms with Gasteiger partial charge in [-0.05, 0) is 17.2 Å². The second kappa shape index (κ2) is 9.27. The Morgan fingerprint density at radius 1 is 1.11 bits per heavy atom. The zero-order chi connectivity index (χ0) is 13.2. The molecule has 0 spiro atoms. The Hall–Kier alpha value is -0.683. The van der Waals surface area contributed by atoms with Crippen LogP contribution in [-0.2, 0) is 15.9 Å². The molecular formula is C14H23NO2Si.